The minimum absolute atomic E-state index is 0.321. The average molecular weight is 170 g/mol. The Morgan fingerprint density at radius 1 is 1.50 bits per heavy atom. The summed E-state index contributed by atoms with van der Waals surface area (Å²) in [6, 6.07) is 0. The molecular formula is C4H11O5P. The lowest BCUT2D eigenvalue weighted by molar-refractivity contribution is -0.166. The van der Waals surface area contributed by atoms with Crippen LogP contribution in [0.4, 0.5) is 0 Å². The van der Waals surface area contributed by atoms with Crippen LogP contribution in [0, 0.1) is 0 Å². The van der Waals surface area contributed by atoms with Gasteiger partial charge in [-0.25, -0.2) is 9.82 Å². The number of phosphoric ester groups is 1. The van der Waals surface area contributed by atoms with Crippen molar-refractivity contribution in [2.24, 2.45) is 0 Å². The highest BCUT2D eigenvalue weighted by atomic mass is 31.2. The molecule has 0 aliphatic carbocycles. The van der Waals surface area contributed by atoms with Gasteiger partial charge in [0.05, 0.1) is 6.10 Å². The van der Waals surface area contributed by atoms with E-state index in [4.69, 9.17) is 5.26 Å². The summed E-state index contributed by atoms with van der Waals surface area (Å²) in [4.78, 5) is 0. The van der Waals surface area contributed by atoms with E-state index in [1.165, 1.54) is 0 Å². The summed E-state index contributed by atoms with van der Waals surface area (Å²) >= 11 is 0. The van der Waals surface area contributed by atoms with Crippen molar-refractivity contribution < 1.29 is 23.5 Å². The molecule has 5 nitrogen and oxygen atoms in total. The first kappa shape index (κ1) is 10.1. The van der Waals surface area contributed by atoms with Gasteiger partial charge in [0, 0.05) is 7.11 Å². The second kappa shape index (κ2) is 4.05. The molecule has 0 rings (SSSR count). The molecule has 0 bridgehead atoms. The molecule has 0 aliphatic rings. The molecule has 62 valence electrons. The fraction of sp³-hybridized carbons (Fsp3) is 1.00. The van der Waals surface area contributed by atoms with E-state index in [1.54, 1.807) is 13.8 Å². The first-order chi connectivity index (χ1) is 4.54. The van der Waals surface area contributed by atoms with Gasteiger partial charge in [0.25, 0.3) is 0 Å². The van der Waals surface area contributed by atoms with Crippen LogP contribution in [0.1, 0.15) is 13.8 Å². The molecule has 10 heavy (non-hydrogen) atoms. The fourth-order valence-corrected chi connectivity index (χ4v) is 1.06. The first-order valence-corrected chi connectivity index (χ1v) is 4.17. The molecule has 0 aromatic carbocycles. The Balaban J connectivity index is 3.94. The van der Waals surface area contributed by atoms with Crippen molar-refractivity contribution in [1.29, 1.82) is 0 Å². The molecule has 0 spiro atoms. The molecule has 0 saturated heterocycles. The summed E-state index contributed by atoms with van der Waals surface area (Å²) in [7, 11) is -2.56. The third-order valence-corrected chi connectivity index (χ3v) is 1.99. The van der Waals surface area contributed by atoms with Crippen LogP contribution in [0.3, 0.4) is 0 Å². The van der Waals surface area contributed by atoms with Gasteiger partial charge < -0.3 is 0 Å². The van der Waals surface area contributed by atoms with Gasteiger partial charge in [-0.05, 0) is 13.8 Å². The van der Waals surface area contributed by atoms with Gasteiger partial charge in [-0.1, -0.05) is 0 Å². The van der Waals surface area contributed by atoms with E-state index in [0.29, 0.717) is 0 Å². The van der Waals surface area contributed by atoms with E-state index >= 15 is 0 Å². The third-order valence-electron chi connectivity index (χ3n) is 0.664. The quantitative estimate of drug-likeness (QED) is 0.394. The van der Waals surface area contributed by atoms with E-state index in [9.17, 15) is 4.57 Å². The van der Waals surface area contributed by atoms with Gasteiger partial charge in [0.15, 0.2) is 0 Å². The van der Waals surface area contributed by atoms with Crippen LogP contribution < -0.4 is 0 Å². The molecule has 0 aromatic rings. The van der Waals surface area contributed by atoms with E-state index in [2.05, 4.69) is 13.7 Å². The molecule has 0 fully saturated rings. The largest absolute Gasteiger partial charge is 0.501 e. The zero-order valence-corrected chi connectivity index (χ0v) is 7.00. The summed E-state index contributed by atoms with van der Waals surface area (Å²) in [5.74, 6) is 0. The topological polar surface area (TPSA) is 65.0 Å². The van der Waals surface area contributed by atoms with Gasteiger partial charge in [0.1, 0.15) is 0 Å². The Kier molecular flexibility index (Phi) is 4.08. The van der Waals surface area contributed by atoms with Crippen molar-refractivity contribution >= 4 is 7.82 Å². The van der Waals surface area contributed by atoms with Crippen LogP contribution >= 0.6 is 7.82 Å². The first-order valence-electron chi connectivity index (χ1n) is 2.71. The van der Waals surface area contributed by atoms with Crippen molar-refractivity contribution in [1.82, 2.24) is 0 Å². The van der Waals surface area contributed by atoms with Gasteiger partial charge >= 0.3 is 7.82 Å². The van der Waals surface area contributed by atoms with Gasteiger partial charge in [-0.2, -0.15) is 0 Å². The minimum Gasteiger partial charge on any atom is -0.289 e. The van der Waals surface area contributed by atoms with Crippen molar-refractivity contribution in [3.8, 4) is 0 Å². The lowest BCUT2D eigenvalue weighted by Gasteiger charge is -2.13. The highest BCUT2D eigenvalue weighted by Crippen LogP contribution is 2.48. The molecule has 0 saturated carbocycles. The van der Waals surface area contributed by atoms with Crippen molar-refractivity contribution in [2.45, 2.75) is 20.0 Å². The number of hydrogen-bond acceptors (Lipinski definition) is 5. The Bertz CT molecular complexity index is 126. The number of phosphoric acid groups is 1. The lowest BCUT2D eigenvalue weighted by Crippen LogP contribution is -2.02. The van der Waals surface area contributed by atoms with Gasteiger partial charge in [-0.15, -0.1) is 4.67 Å². The SMILES string of the molecule is COP(=O)(OO)OC(C)C. The number of rotatable bonds is 4. The highest BCUT2D eigenvalue weighted by molar-refractivity contribution is 7.48. The van der Waals surface area contributed by atoms with Crippen LogP contribution in [0.25, 0.3) is 0 Å². The maximum Gasteiger partial charge on any atom is 0.501 e. The zero-order chi connectivity index (χ0) is 8.20. The van der Waals surface area contributed by atoms with Crippen LogP contribution in [0.15, 0.2) is 0 Å². The fourth-order valence-electron chi connectivity index (χ4n) is 0.354. The van der Waals surface area contributed by atoms with Crippen LogP contribution in [0.5, 0.6) is 0 Å². The molecular weight excluding hydrogens is 159 g/mol. The summed E-state index contributed by atoms with van der Waals surface area (Å²) in [6.07, 6.45) is -0.321. The van der Waals surface area contributed by atoms with Crippen LogP contribution in [-0.2, 0) is 18.3 Å². The second-order valence-corrected chi connectivity index (χ2v) is 3.50. The number of hydrogen-bond donors (Lipinski definition) is 1. The predicted molar refractivity (Wildman–Crippen MR) is 34.6 cm³/mol. The highest BCUT2D eigenvalue weighted by Gasteiger charge is 2.26. The Morgan fingerprint density at radius 3 is 2.10 bits per heavy atom. The normalized spacial score (nSPS) is 17.3. The Labute approximate surface area is 59.4 Å². The Hall–Kier alpha value is 0.0700. The zero-order valence-electron chi connectivity index (χ0n) is 6.10. The smallest absolute Gasteiger partial charge is 0.289 e. The lowest BCUT2D eigenvalue weighted by atomic mass is 10.5. The maximum atomic E-state index is 10.8. The van der Waals surface area contributed by atoms with Crippen LogP contribution in [0.2, 0.25) is 0 Å². The molecule has 0 aromatic heterocycles. The van der Waals surface area contributed by atoms with Crippen molar-refractivity contribution in [3.63, 3.8) is 0 Å². The molecule has 1 N–H and O–H groups in total. The van der Waals surface area contributed by atoms with E-state index in [-0.39, 0.29) is 6.10 Å². The molecule has 0 heterocycles. The van der Waals surface area contributed by atoms with Crippen LogP contribution in [-0.4, -0.2) is 18.5 Å². The molecule has 0 aliphatic heterocycles. The molecule has 0 amide bonds. The summed E-state index contributed by atoms with van der Waals surface area (Å²) < 4.78 is 23.2. The summed E-state index contributed by atoms with van der Waals surface area (Å²) in [5.41, 5.74) is 0. The van der Waals surface area contributed by atoms with Gasteiger partial charge in [0.2, 0.25) is 0 Å². The molecule has 6 heteroatoms. The monoisotopic (exact) mass is 170 g/mol. The second-order valence-electron chi connectivity index (χ2n) is 1.87. The minimum atomic E-state index is -3.68. The molecule has 1 unspecified atom stereocenters. The summed E-state index contributed by atoms with van der Waals surface area (Å²) in [5, 5.41) is 8.02. The Morgan fingerprint density at radius 2 is 2.00 bits per heavy atom. The van der Waals surface area contributed by atoms with Crippen molar-refractivity contribution in [3.05, 3.63) is 0 Å². The van der Waals surface area contributed by atoms with E-state index < -0.39 is 7.82 Å². The molecule has 1 atom stereocenters. The van der Waals surface area contributed by atoms with Gasteiger partial charge in [-0.3, -0.25) is 9.05 Å². The molecule has 0 radical (unpaired) electrons. The van der Waals surface area contributed by atoms with E-state index in [0.717, 1.165) is 7.11 Å². The third kappa shape index (κ3) is 3.29. The predicted octanol–water partition coefficient (Wildman–Crippen LogP) is 1.66. The summed E-state index contributed by atoms with van der Waals surface area (Å²) in [6.45, 7) is 3.29. The standard InChI is InChI=1S/C4H11O5P/c1-4(2)8-10(6,7-3)9-5/h4-5H,1-3H3. The van der Waals surface area contributed by atoms with Crippen molar-refractivity contribution in [2.75, 3.05) is 7.11 Å². The van der Waals surface area contributed by atoms with E-state index in [1.807, 2.05) is 0 Å². The average Bonchev–Trinajstić information content (AvgIpc) is 1.87. The maximum absolute atomic E-state index is 10.8.